The lowest BCUT2D eigenvalue weighted by Gasteiger charge is -2.52. The Morgan fingerprint density at radius 3 is 2.42 bits per heavy atom. The van der Waals surface area contributed by atoms with Crippen molar-refractivity contribution < 1.29 is 19.5 Å². The van der Waals surface area contributed by atoms with Gasteiger partial charge in [-0.3, -0.25) is 14.4 Å². The molecule has 192 valence electrons. The summed E-state index contributed by atoms with van der Waals surface area (Å²) < 4.78 is 0. The van der Waals surface area contributed by atoms with Crippen LogP contribution in [0.25, 0.3) is 0 Å². The second-order valence-corrected chi connectivity index (χ2v) is 11.1. The van der Waals surface area contributed by atoms with Gasteiger partial charge >= 0.3 is 5.97 Å². The van der Waals surface area contributed by atoms with Crippen LogP contribution < -0.4 is 0 Å². The maximum atomic E-state index is 14.2. The molecule has 2 fully saturated rings. The standard InChI is InChI=1S/C28H32Cl2N2O4/c1-3-22(17-31-13-5-8-24(31)33)32-26(18-9-11-20(29)12-10-18)23(19-6-4-7-21(30)14-19)15-28(2,27(32)36)16-25(34)35/h4,6-7,9-12,14,22-23,26H,3,5,8,13,15-17H2,1-2H3,(H,34,35)/t22-,23+,26+,28+/m0/s1. The van der Waals surface area contributed by atoms with Gasteiger partial charge in [0.25, 0.3) is 0 Å². The van der Waals surface area contributed by atoms with Gasteiger partial charge in [0.2, 0.25) is 11.8 Å². The molecule has 4 rings (SSSR count). The van der Waals surface area contributed by atoms with Crippen molar-refractivity contribution in [3.8, 4) is 0 Å². The van der Waals surface area contributed by atoms with Crippen LogP contribution in [-0.4, -0.2) is 51.8 Å². The second-order valence-electron chi connectivity index (χ2n) is 10.2. The van der Waals surface area contributed by atoms with Gasteiger partial charge in [-0.15, -0.1) is 0 Å². The van der Waals surface area contributed by atoms with E-state index in [1.807, 2.05) is 59.2 Å². The predicted molar refractivity (Wildman–Crippen MR) is 140 cm³/mol. The van der Waals surface area contributed by atoms with Crippen LogP contribution in [0.15, 0.2) is 48.5 Å². The van der Waals surface area contributed by atoms with Gasteiger partial charge in [0, 0.05) is 41.5 Å². The van der Waals surface area contributed by atoms with Crippen molar-refractivity contribution in [2.45, 2.75) is 64.0 Å². The normalized spacial score (nSPS) is 25.3. The minimum atomic E-state index is -1.11. The van der Waals surface area contributed by atoms with Gasteiger partial charge in [-0.05, 0) is 54.7 Å². The van der Waals surface area contributed by atoms with Crippen LogP contribution in [0, 0.1) is 5.41 Å². The lowest BCUT2D eigenvalue weighted by molar-refractivity contribution is -0.161. The molecule has 0 unspecified atom stereocenters. The summed E-state index contributed by atoms with van der Waals surface area (Å²) in [5.74, 6) is -1.30. The zero-order chi connectivity index (χ0) is 26.0. The van der Waals surface area contributed by atoms with Crippen molar-refractivity contribution in [3.05, 3.63) is 69.7 Å². The Hall–Kier alpha value is -2.57. The molecule has 0 aromatic heterocycles. The largest absolute Gasteiger partial charge is 0.481 e. The summed E-state index contributed by atoms with van der Waals surface area (Å²) >= 11 is 12.6. The van der Waals surface area contributed by atoms with Gasteiger partial charge < -0.3 is 14.9 Å². The first-order valence-electron chi connectivity index (χ1n) is 12.5. The van der Waals surface area contributed by atoms with Crippen molar-refractivity contribution in [2.75, 3.05) is 13.1 Å². The molecule has 0 saturated carbocycles. The highest BCUT2D eigenvalue weighted by molar-refractivity contribution is 6.30. The molecule has 2 amide bonds. The molecule has 2 aliphatic heterocycles. The van der Waals surface area contributed by atoms with E-state index in [1.165, 1.54) is 0 Å². The Morgan fingerprint density at radius 1 is 1.11 bits per heavy atom. The SMILES string of the molecule is CC[C@@H](CN1CCCC1=O)N1C(=O)[C@@](C)(CC(=O)O)C[C@H](c2cccc(Cl)c2)[C@H]1c1ccc(Cl)cc1. The molecule has 0 radical (unpaired) electrons. The first-order chi connectivity index (χ1) is 17.1. The van der Waals surface area contributed by atoms with E-state index < -0.39 is 11.4 Å². The number of likely N-dealkylation sites (tertiary alicyclic amines) is 2. The van der Waals surface area contributed by atoms with Crippen LogP contribution in [-0.2, 0) is 14.4 Å². The number of carboxylic acids is 1. The van der Waals surface area contributed by atoms with Gasteiger partial charge in [0.1, 0.15) is 0 Å². The molecule has 2 saturated heterocycles. The van der Waals surface area contributed by atoms with Crippen LogP contribution in [0.3, 0.4) is 0 Å². The number of hydrogen-bond acceptors (Lipinski definition) is 3. The maximum absolute atomic E-state index is 14.2. The summed E-state index contributed by atoms with van der Waals surface area (Å²) in [5, 5.41) is 10.9. The van der Waals surface area contributed by atoms with E-state index in [9.17, 15) is 19.5 Å². The number of aliphatic carboxylic acids is 1. The summed E-state index contributed by atoms with van der Waals surface area (Å²) in [6, 6.07) is 14.4. The monoisotopic (exact) mass is 530 g/mol. The Balaban J connectivity index is 1.87. The quantitative estimate of drug-likeness (QED) is 0.458. The summed E-state index contributed by atoms with van der Waals surface area (Å²) in [7, 11) is 0. The molecule has 4 atom stereocenters. The van der Waals surface area contributed by atoms with E-state index in [0.29, 0.717) is 42.4 Å². The molecule has 36 heavy (non-hydrogen) atoms. The lowest BCUT2D eigenvalue weighted by Crippen LogP contribution is -2.58. The fourth-order valence-corrected chi connectivity index (χ4v) is 6.17. The van der Waals surface area contributed by atoms with Crippen molar-refractivity contribution in [3.63, 3.8) is 0 Å². The van der Waals surface area contributed by atoms with Crippen LogP contribution in [0.4, 0.5) is 0 Å². The van der Waals surface area contributed by atoms with Gasteiger partial charge in [-0.2, -0.15) is 0 Å². The first kappa shape index (κ1) is 26.5. The van der Waals surface area contributed by atoms with Crippen molar-refractivity contribution in [1.82, 2.24) is 9.80 Å². The van der Waals surface area contributed by atoms with Crippen molar-refractivity contribution in [1.29, 1.82) is 0 Å². The van der Waals surface area contributed by atoms with Gasteiger partial charge in [0.05, 0.1) is 17.9 Å². The number of carboxylic acid groups (broad SMARTS) is 1. The van der Waals surface area contributed by atoms with Gasteiger partial charge in [0.15, 0.2) is 0 Å². The molecule has 8 heteroatoms. The Kier molecular flexibility index (Phi) is 7.96. The summed E-state index contributed by atoms with van der Waals surface area (Å²) in [6.07, 6.45) is 2.05. The van der Waals surface area contributed by atoms with Gasteiger partial charge in [-0.25, -0.2) is 0 Å². The molecule has 2 aliphatic rings. The fraction of sp³-hybridized carbons (Fsp3) is 0.464. The highest BCUT2D eigenvalue weighted by Crippen LogP contribution is 2.52. The number of amides is 2. The lowest BCUT2D eigenvalue weighted by atomic mass is 9.67. The number of halogens is 2. The van der Waals surface area contributed by atoms with E-state index in [1.54, 1.807) is 13.0 Å². The molecule has 2 aromatic rings. The fourth-order valence-electron chi connectivity index (χ4n) is 5.85. The van der Waals surface area contributed by atoms with E-state index in [0.717, 1.165) is 17.5 Å². The number of carbonyl (C=O) groups is 3. The number of rotatable bonds is 8. The molecule has 2 aromatic carbocycles. The third-order valence-corrected chi connectivity index (χ3v) is 8.09. The van der Waals surface area contributed by atoms with Crippen LogP contribution >= 0.6 is 23.2 Å². The van der Waals surface area contributed by atoms with Crippen LogP contribution in [0.5, 0.6) is 0 Å². The zero-order valence-corrected chi connectivity index (χ0v) is 22.1. The highest BCUT2D eigenvalue weighted by atomic mass is 35.5. The Labute approximate surface area is 222 Å². The summed E-state index contributed by atoms with van der Waals surface area (Å²) in [6.45, 7) is 4.86. The molecule has 1 N–H and O–H groups in total. The van der Waals surface area contributed by atoms with E-state index in [2.05, 4.69) is 0 Å². The number of benzene rings is 2. The average Bonchev–Trinajstić information content (AvgIpc) is 3.23. The molecular weight excluding hydrogens is 499 g/mol. The molecule has 0 spiro atoms. The topological polar surface area (TPSA) is 77.9 Å². The number of piperidine rings is 1. The van der Waals surface area contributed by atoms with Crippen LogP contribution in [0.1, 0.15) is 69.0 Å². The third-order valence-electron chi connectivity index (χ3n) is 7.60. The van der Waals surface area contributed by atoms with E-state index in [4.69, 9.17) is 23.2 Å². The minimum absolute atomic E-state index is 0.0978. The highest BCUT2D eigenvalue weighted by Gasteiger charge is 2.52. The molecule has 0 bridgehead atoms. The predicted octanol–water partition coefficient (Wildman–Crippen LogP) is 5.93. The van der Waals surface area contributed by atoms with E-state index >= 15 is 0 Å². The van der Waals surface area contributed by atoms with E-state index in [-0.39, 0.29) is 36.2 Å². The Morgan fingerprint density at radius 2 is 1.83 bits per heavy atom. The third kappa shape index (κ3) is 5.40. The molecule has 2 heterocycles. The minimum Gasteiger partial charge on any atom is -0.481 e. The zero-order valence-electron chi connectivity index (χ0n) is 20.6. The van der Waals surface area contributed by atoms with Crippen molar-refractivity contribution in [2.24, 2.45) is 5.41 Å². The van der Waals surface area contributed by atoms with Crippen LogP contribution in [0.2, 0.25) is 10.0 Å². The average molecular weight is 531 g/mol. The maximum Gasteiger partial charge on any atom is 0.304 e. The summed E-state index contributed by atoms with van der Waals surface area (Å²) in [4.78, 5) is 42.3. The Bertz CT molecular complexity index is 1140. The van der Waals surface area contributed by atoms with Crippen molar-refractivity contribution >= 4 is 41.0 Å². The molecular formula is C28H32Cl2N2O4. The smallest absolute Gasteiger partial charge is 0.304 e. The first-order valence-corrected chi connectivity index (χ1v) is 13.2. The molecule has 0 aliphatic carbocycles. The number of nitrogens with zero attached hydrogens (tertiary/aromatic N) is 2. The summed E-state index contributed by atoms with van der Waals surface area (Å²) in [5.41, 5.74) is 0.759. The van der Waals surface area contributed by atoms with Gasteiger partial charge in [-0.1, -0.05) is 61.3 Å². The molecule has 6 nitrogen and oxygen atoms in total. The number of hydrogen-bond donors (Lipinski definition) is 1. The second kappa shape index (κ2) is 10.8. The number of carbonyl (C=O) groups excluding carboxylic acids is 2.